The van der Waals surface area contributed by atoms with E-state index in [2.05, 4.69) is 16.6 Å². The van der Waals surface area contributed by atoms with Crippen molar-refractivity contribution in [3.63, 3.8) is 0 Å². The van der Waals surface area contributed by atoms with Crippen LogP contribution < -0.4 is 11.2 Å². The Hall–Kier alpha value is -2.87. The fraction of sp³-hybridized carbons (Fsp3) is 0.133. The number of nitrogens with two attached hydrogens (primary N) is 1. The summed E-state index contributed by atoms with van der Waals surface area (Å²) in [4.78, 5) is 0. The predicted octanol–water partition coefficient (Wildman–Crippen LogP) is 1.66. The number of hydrogen-bond acceptors (Lipinski definition) is 4. The molecule has 0 amide bonds. The van der Waals surface area contributed by atoms with Crippen molar-refractivity contribution >= 4 is 12.1 Å². The van der Waals surface area contributed by atoms with Gasteiger partial charge in [0, 0.05) is 18.5 Å². The number of rotatable bonds is 2. The van der Waals surface area contributed by atoms with Crippen LogP contribution in [0.15, 0.2) is 65.2 Å². The summed E-state index contributed by atoms with van der Waals surface area (Å²) < 4.78 is 1.69. The van der Waals surface area contributed by atoms with E-state index in [1.807, 2.05) is 48.7 Å². The zero-order chi connectivity index (χ0) is 14.2. The van der Waals surface area contributed by atoms with E-state index < -0.39 is 0 Å². The maximum absolute atomic E-state index is 9.20. The van der Waals surface area contributed by atoms with E-state index in [0.29, 0.717) is 6.42 Å². The monoisotopic (exact) mass is 266 g/mol. The molecule has 2 aliphatic rings. The van der Waals surface area contributed by atoms with E-state index in [0.717, 1.165) is 17.8 Å². The third-order valence-corrected chi connectivity index (χ3v) is 2.67. The SMILES string of the molecule is N#C/C(=N/NC1=CC=CCC(N)=C1)[N+]1=CCC=CC=C1. The number of nitriles is 1. The van der Waals surface area contributed by atoms with Crippen molar-refractivity contribution in [2.45, 2.75) is 12.8 Å². The molecule has 20 heavy (non-hydrogen) atoms. The molecule has 0 saturated carbocycles. The second-order valence-electron chi connectivity index (χ2n) is 4.23. The van der Waals surface area contributed by atoms with Crippen LogP contribution in [-0.2, 0) is 0 Å². The topological polar surface area (TPSA) is 77.2 Å². The van der Waals surface area contributed by atoms with Gasteiger partial charge in [-0.05, 0) is 18.2 Å². The Bertz CT molecular complexity index is 621. The molecule has 0 aromatic rings. The molecule has 0 radical (unpaired) electrons. The van der Waals surface area contributed by atoms with Crippen molar-refractivity contribution in [3.8, 4) is 6.07 Å². The molecule has 1 aliphatic carbocycles. The smallest absolute Gasteiger partial charge is 0.402 e. The van der Waals surface area contributed by atoms with E-state index in [1.54, 1.807) is 10.8 Å². The molecule has 0 unspecified atom stereocenters. The number of hydrogen-bond donors (Lipinski definition) is 2. The Morgan fingerprint density at radius 2 is 2.25 bits per heavy atom. The maximum atomic E-state index is 9.20. The first-order valence-electron chi connectivity index (χ1n) is 6.31. The van der Waals surface area contributed by atoms with Crippen LogP contribution in [0.2, 0.25) is 0 Å². The van der Waals surface area contributed by atoms with Gasteiger partial charge in [-0.2, -0.15) is 15.3 Å². The molecule has 0 aromatic heterocycles. The first kappa shape index (κ1) is 13.6. The van der Waals surface area contributed by atoms with E-state index in [9.17, 15) is 5.26 Å². The molecular formula is C15H16N5+. The molecular weight excluding hydrogens is 250 g/mol. The van der Waals surface area contributed by atoms with Gasteiger partial charge in [0.15, 0.2) is 6.07 Å². The van der Waals surface area contributed by atoms with Crippen LogP contribution in [0, 0.1) is 11.3 Å². The van der Waals surface area contributed by atoms with Gasteiger partial charge in [-0.15, -0.1) is 0 Å². The highest BCUT2D eigenvalue weighted by Gasteiger charge is 2.13. The fourth-order valence-corrected chi connectivity index (χ4v) is 1.70. The van der Waals surface area contributed by atoms with Crippen LogP contribution in [0.3, 0.4) is 0 Å². The van der Waals surface area contributed by atoms with Crippen molar-refractivity contribution in [3.05, 3.63) is 60.1 Å². The minimum absolute atomic E-state index is 0.269. The average Bonchev–Trinajstić information content (AvgIpc) is 2.82. The average molecular weight is 266 g/mol. The summed E-state index contributed by atoms with van der Waals surface area (Å²) in [5, 5.41) is 13.3. The third-order valence-electron chi connectivity index (χ3n) is 2.67. The maximum Gasteiger partial charge on any atom is 0.430 e. The van der Waals surface area contributed by atoms with Gasteiger partial charge in [0.25, 0.3) is 0 Å². The Morgan fingerprint density at radius 1 is 1.35 bits per heavy atom. The van der Waals surface area contributed by atoms with Crippen molar-refractivity contribution in [2.75, 3.05) is 0 Å². The van der Waals surface area contributed by atoms with Crippen LogP contribution in [0.5, 0.6) is 0 Å². The van der Waals surface area contributed by atoms with Crippen molar-refractivity contribution in [2.24, 2.45) is 10.8 Å². The molecule has 3 N–H and O–H groups in total. The molecule has 5 heteroatoms. The largest absolute Gasteiger partial charge is 0.430 e. The molecule has 0 spiro atoms. The molecule has 0 fully saturated rings. The van der Waals surface area contributed by atoms with E-state index in [-0.39, 0.29) is 5.84 Å². The zero-order valence-corrected chi connectivity index (χ0v) is 11.0. The lowest BCUT2D eigenvalue weighted by atomic mass is 10.3. The summed E-state index contributed by atoms with van der Waals surface area (Å²) in [6, 6.07) is 2.07. The molecule has 0 saturated heterocycles. The molecule has 0 bridgehead atoms. The predicted molar refractivity (Wildman–Crippen MR) is 79.5 cm³/mol. The standard InChI is InChI=1S/C15H16N5/c16-12-15(20-9-5-1-2-6-10-20)19-18-14-8-4-3-7-13(17)11-14/h1-5,8-11,18H,6-7,17H2/q+1/b19-15-. The Kier molecular flexibility index (Phi) is 4.68. The Labute approximate surface area is 118 Å². The summed E-state index contributed by atoms with van der Waals surface area (Å²) in [5.74, 6) is 0.269. The van der Waals surface area contributed by atoms with Crippen LogP contribution in [0.1, 0.15) is 12.8 Å². The molecule has 100 valence electrons. The quantitative estimate of drug-likeness (QED) is 0.345. The normalized spacial score (nSPS) is 18.4. The van der Waals surface area contributed by atoms with Crippen LogP contribution >= 0.6 is 0 Å². The minimum Gasteiger partial charge on any atom is -0.402 e. The summed E-state index contributed by atoms with van der Waals surface area (Å²) in [6.45, 7) is 0. The lowest BCUT2D eigenvalue weighted by Gasteiger charge is -1.97. The van der Waals surface area contributed by atoms with E-state index in [1.165, 1.54) is 0 Å². The third kappa shape index (κ3) is 3.82. The molecule has 1 aliphatic heterocycles. The highest BCUT2D eigenvalue weighted by atomic mass is 15.3. The second kappa shape index (κ2) is 6.90. The van der Waals surface area contributed by atoms with Crippen molar-refractivity contribution in [1.29, 1.82) is 5.26 Å². The number of nitrogens with one attached hydrogen (secondary N) is 1. The Morgan fingerprint density at radius 3 is 3.10 bits per heavy atom. The summed E-state index contributed by atoms with van der Waals surface area (Å²) in [7, 11) is 0. The van der Waals surface area contributed by atoms with Gasteiger partial charge in [0.1, 0.15) is 0 Å². The number of allylic oxidation sites excluding steroid dienone is 7. The highest BCUT2D eigenvalue weighted by molar-refractivity contribution is 5.92. The van der Waals surface area contributed by atoms with Gasteiger partial charge in [-0.1, -0.05) is 24.3 Å². The zero-order valence-electron chi connectivity index (χ0n) is 11.0. The van der Waals surface area contributed by atoms with Gasteiger partial charge < -0.3 is 5.73 Å². The summed E-state index contributed by atoms with van der Waals surface area (Å²) in [5.41, 5.74) is 10.2. The van der Waals surface area contributed by atoms with Crippen molar-refractivity contribution < 1.29 is 4.58 Å². The first-order chi connectivity index (χ1) is 9.79. The summed E-state index contributed by atoms with van der Waals surface area (Å²) in [6.07, 6.45) is 18.5. The highest BCUT2D eigenvalue weighted by Crippen LogP contribution is 2.05. The van der Waals surface area contributed by atoms with Gasteiger partial charge >= 0.3 is 5.84 Å². The van der Waals surface area contributed by atoms with Crippen LogP contribution in [0.25, 0.3) is 0 Å². The van der Waals surface area contributed by atoms with Gasteiger partial charge in [0.05, 0.1) is 23.2 Å². The molecule has 5 nitrogen and oxygen atoms in total. The number of nitrogens with zero attached hydrogens (tertiary/aromatic N) is 3. The molecule has 1 heterocycles. The van der Waals surface area contributed by atoms with Crippen molar-refractivity contribution in [1.82, 2.24) is 5.43 Å². The lowest BCUT2D eigenvalue weighted by molar-refractivity contribution is -0.317. The molecule has 0 atom stereocenters. The summed E-state index contributed by atoms with van der Waals surface area (Å²) >= 11 is 0. The van der Waals surface area contributed by atoms with E-state index >= 15 is 0 Å². The first-order valence-corrected chi connectivity index (χ1v) is 6.31. The van der Waals surface area contributed by atoms with Gasteiger partial charge in [0.2, 0.25) is 0 Å². The Balaban J connectivity index is 2.15. The van der Waals surface area contributed by atoms with Gasteiger partial charge in [-0.3, -0.25) is 0 Å². The number of hydrazone groups is 1. The number of amidine groups is 1. The lowest BCUT2D eigenvalue weighted by Crippen LogP contribution is -2.19. The van der Waals surface area contributed by atoms with Gasteiger partial charge in [-0.25, -0.2) is 0 Å². The van der Waals surface area contributed by atoms with Crippen LogP contribution in [0.4, 0.5) is 0 Å². The van der Waals surface area contributed by atoms with E-state index in [4.69, 9.17) is 5.73 Å². The molecule has 0 aromatic carbocycles. The second-order valence-corrected chi connectivity index (χ2v) is 4.23. The fourth-order valence-electron chi connectivity index (χ4n) is 1.70. The minimum atomic E-state index is 0.269. The van der Waals surface area contributed by atoms with Crippen LogP contribution in [-0.4, -0.2) is 16.6 Å². The molecule has 2 rings (SSSR count).